The second kappa shape index (κ2) is 8.02. The van der Waals surface area contributed by atoms with Gasteiger partial charge in [0.25, 0.3) is 0 Å². The highest BCUT2D eigenvalue weighted by atomic mass is 19.1. The molecule has 0 unspecified atom stereocenters. The lowest BCUT2D eigenvalue weighted by Crippen LogP contribution is -2.09. The van der Waals surface area contributed by atoms with E-state index in [2.05, 4.69) is 6.58 Å². The summed E-state index contributed by atoms with van der Waals surface area (Å²) in [6, 6.07) is 9.83. The molecule has 0 amide bonds. The lowest BCUT2D eigenvalue weighted by molar-refractivity contribution is 0.0734. The summed E-state index contributed by atoms with van der Waals surface area (Å²) in [5.74, 6) is -3.16. The highest BCUT2D eigenvalue weighted by molar-refractivity contribution is 5.91. The number of rotatable bonds is 6. The lowest BCUT2D eigenvalue weighted by atomic mass is 10.1. The van der Waals surface area contributed by atoms with Gasteiger partial charge in [0.05, 0.1) is 5.56 Å². The van der Waals surface area contributed by atoms with E-state index in [0.29, 0.717) is 0 Å². The standard InChI is InChI=1S/C19H15F2NO2/c1-2-3-4-5-13-6-8-14(9-7-13)19(23)24-15-10-17(20)16(12-22)18(21)11-15/h2,6-11H,1,3-5H2. The summed E-state index contributed by atoms with van der Waals surface area (Å²) in [6.45, 7) is 3.66. The van der Waals surface area contributed by atoms with Crippen molar-refractivity contribution < 1.29 is 18.3 Å². The molecular weight excluding hydrogens is 312 g/mol. The van der Waals surface area contributed by atoms with Crippen LogP contribution in [-0.2, 0) is 6.42 Å². The van der Waals surface area contributed by atoms with Gasteiger partial charge < -0.3 is 4.74 Å². The van der Waals surface area contributed by atoms with Crippen LogP contribution in [0.2, 0.25) is 0 Å². The van der Waals surface area contributed by atoms with Crippen LogP contribution < -0.4 is 4.74 Å². The van der Waals surface area contributed by atoms with Crippen molar-refractivity contribution in [2.24, 2.45) is 0 Å². The van der Waals surface area contributed by atoms with Gasteiger partial charge in [-0.1, -0.05) is 18.2 Å². The van der Waals surface area contributed by atoms with Gasteiger partial charge in [0.15, 0.2) is 0 Å². The van der Waals surface area contributed by atoms with Gasteiger partial charge >= 0.3 is 5.97 Å². The number of hydrogen-bond acceptors (Lipinski definition) is 3. The minimum Gasteiger partial charge on any atom is -0.423 e. The molecule has 0 fully saturated rings. The van der Waals surface area contributed by atoms with Crippen LogP contribution in [0.5, 0.6) is 5.75 Å². The quantitative estimate of drug-likeness (QED) is 0.338. The van der Waals surface area contributed by atoms with E-state index in [-0.39, 0.29) is 11.3 Å². The summed E-state index contributed by atoms with van der Waals surface area (Å²) in [6.07, 6.45) is 4.60. The Balaban J connectivity index is 2.07. The molecule has 3 nitrogen and oxygen atoms in total. The zero-order chi connectivity index (χ0) is 17.5. The Hall–Kier alpha value is -3.00. The monoisotopic (exact) mass is 327 g/mol. The van der Waals surface area contributed by atoms with Crippen molar-refractivity contribution >= 4 is 5.97 Å². The molecule has 0 atom stereocenters. The summed E-state index contributed by atoms with van der Waals surface area (Å²) >= 11 is 0. The Labute approximate surface area is 138 Å². The molecule has 0 aliphatic rings. The van der Waals surface area contributed by atoms with Crippen LogP contribution in [0.25, 0.3) is 0 Å². The fourth-order valence-corrected chi connectivity index (χ4v) is 2.14. The number of nitriles is 1. The largest absolute Gasteiger partial charge is 0.423 e. The molecule has 0 spiro atoms. The third kappa shape index (κ3) is 4.26. The molecule has 122 valence electrons. The van der Waals surface area contributed by atoms with Crippen molar-refractivity contribution in [3.8, 4) is 11.8 Å². The van der Waals surface area contributed by atoms with Crippen molar-refractivity contribution in [3.05, 3.63) is 77.4 Å². The van der Waals surface area contributed by atoms with E-state index in [4.69, 9.17) is 10.00 Å². The number of allylic oxidation sites excluding steroid dienone is 1. The summed E-state index contributed by atoms with van der Waals surface area (Å²) < 4.78 is 32.0. The Kier molecular flexibility index (Phi) is 5.80. The molecule has 0 heterocycles. The number of carbonyl (C=O) groups is 1. The average molecular weight is 327 g/mol. The first kappa shape index (κ1) is 17.4. The van der Waals surface area contributed by atoms with Crippen molar-refractivity contribution in [2.45, 2.75) is 19.3 Å². The number of aryl methyl sites for hydroxylation is 1. The third-order valence-corrected chi connectivity index (χ3v) is 3.40. The molecule has 5 heteroatoms. The van der Waals surface area contributed by atoms with Crippen LogP contribution in [0.15, 0.2) is 49.1 Å². The van der Waals surface area contributed by atoms with Crippen LogP contribution in [0.3, 0.4) is 0 Å². The molecule has 24 heavy (non-hydrogen) atoms. The number of carbonyl (C=O) groups excluding carboxylic acids is 1. The van der Waals surface area contributed by atoms with E-state index in [0.717, 1.165) is 37.0 Å². The van der Waals surface area contributed by atoms with Crippen LogP contribution >= 0.6 is 0 Å². The summed E-state index contributed by atoms with van der Waals surface area (Å²) in [4.78, 5) is 12.0. The van der Waals surface area contributed by atoms with Crippen molar-refractivity contribution in [3.63, 3.8) is 0 Å². The predicted octanol–water partition coefficient (Wildman–Crippen LogP) is 4.56. The lowest BCUT2D eigenvalue weighted by Gasteiger charge is -2.07. The number of unbranched alkanes of at least 4 members (excludes halogenated alkanes) is 1. The van der Waals surface area contributed by atoms with E-state index >= 15 is 0 Å². The number of hydrogen-bond donors (Lipinski definition) is 0. The minimum absolute atomic E-state index is 0.271. The fourth-order valence-electron chi connectivity index (χ4n) is 2.14. The van der Waals surface area contributed by atoms with Crippen molar-refractivity contribution in [2.75, 3.05) is 0 Å². The molecule has 0 aromatic heterocycles. The number of benzene rings is 2. The topological polar surface area (TPSA) is 50.1 Å². The van der Waals surface area contributed by atoms with E-state index in [1.165, 1.54) is 6.07 Å². The maximum Gasteiger partial charge on any atom is 0.343 e. The summed E-state index contributed by atoms with van der Waals surface area (Å²) in [5.41, 5.74) is 0.634. The van der Waals surface area contributed by atoms with E-state index in [9.17, 15) is 13.6 Å². The molecular formula is C19H15F2NO2. The highest BCUT2D eigenvalue weighted by Crippen LogP contribution is 2.21. The van der Waals surface area contributed by atoms with Crippen LogP contribution in [0.1, 0.15) is 34.3 Å². The number of ether oxygens (including phenoxy) is 1. The smallest absolute Gasteiger partial charge is 0.343 e. The first-order valence-corrected chi connectivity index (χ1v) is 7.36. The molecule has 0 aliphatic heterocycles. The molecule has 0 saturated carbocycles. The Bertz CT molecular complexity index is 769. The SMILES string of the molecule is C=CCCCc1ccc(C(=O)Oc2cc(F)c(C#N)c(F)c2)cc1. The van der Waals surface area contributed by atoms with Crippen molar-refractivity contribution in [1.82, 2.24) is 0 Å². The van der Waals surface area contributed by atoms with E-state index in [1.807, 2.05) is 6.08 Å². The molecule has 2 rings (SSSR count). The van der Waals surface area contributed by atoms with Gasteiger partial charge in [-0.2, -0.15) is 5.26 Å². The van der Waals surface area contributed by atoms with Gasteiger partial charge in [0.2, 0.25) is 0 Å². The Morgan fingerprint density at radius 2 is 1.83 bits per heavy atom. The summed E-state index contributed by atoms with van der Waals surface area (Å²) in [5, 5.41) is 8.61. The average Bonchev–Trinajstić information content (AvgIpc) is 2.55. The van der Waals surface area contributed by atoms with E-state index < -0.39 is 23.2 Å². The van der Waals surface area contributed by atoms with Gasteiger partial charge in [0, 0.05) is 12.1 Å². The van der Waals surface area contributed by atoms with Crippen molar-refractivity contribution in [1.29, 1.82) is 5.26 Å². The molecule has 0 radical (unpaired) electrons. The maximum atomic E-state index is 13.5. The van der Waals surface area contributed by atoms with Gasteiger partial charge in [-0.25, -0.2) is 13.6 Å². The normalized spacial score (nSPS) is 10.0. The number of esters is 1. The molecule has 0 bridgehead atoms. The molecule has 2 aromatic carbocycles. The van der Waals surface area contributed by atoms with Gasteiger partial charge in [0.1, 0.15) is 29.0 Å². The van der Waals surface area contributed by atoms with Gasteiger partial charge in [-0.3, -0.25) is 0 Å². The second-order valence-corrected chi connectivity index (χ2v) is 5.14. The first-order chi connectivity index (χ1) is 11.5. The van der Waals surface area contributed by atoms with Gasteiger partial charge in [-0.05, 0) is 37.0 Å². The minimum atomic E-state index is -1.07. The molecule has 2 aromatic rings. The molecule has 0 saturated heterocycles. The molecule has 0 N–H and O–H groups in total. The van der Waals surface area contributed by atoms with Gasteiger partial charge in [-0.15, -0.1) is 6.58 Å². The van der Waals surface area contributed by atoms with Crippen LogP contribution in [-0.4, -0.2) is 5.97 Å². The van der Waals surface area contributed by atoms with Crippen LogP contribution in [0, 0.1) is 23.0 Å². The first-order valence-electron chi connectivity index (χ1n) is 7.36. The highest BCUT2D eigenvalue weighted by Gasteiger charge is 2.14. The predicted molar refractivity (Wildman–Crippen MR) is 85.6 cm³/mol. The maximum absolute atomic E-state index is 13.5. The number of halogens is 2. The second-order valence-electron chi connectivity index (χ2n) is 5.14. The Morgan fingerprint density at radius 1 is 1.21 bits per heavy atom. The number of nitrogens with zero attached hydrogens (tertiary/aromatic N) is 1. The Morgan fingerprint density at radius 3 is 2.38 bits per heavy atom. The zero-order valence-electron chi connectivity index (χ0n) is 12.9. The fraction of sp³-hybridized carbons (Fsp3) is 0.158. The van der Waals surface area contributed by atoms with E-state index in [1.54, 1.807) is 24.3 Å². The zero-order valence-corrected chi connectivity index (χ0v) is 12.9. The summed E-state index contributed by atoms with van der Waals surface area (Å²) in [7, 11) is 0. The van der Waals surface area contributed by atoms with Crippen LogP contribution in [0.4, 0.5) is 8.78 Å². The third-order valence-electron chi connectivity index (χ3n) is 3.40. The molecule has 0 aliphatic carbocycles.